The van der Waals surface area contributed by atoms with Gasteiger partial charge in [0.1, 0.15) is 22.6 Å². The molecule has 1 amide bonds. The average molecular weight is 467 g/mol. The van der Waals surface area contributed by atoms with Gasteiger partial charge in [0.15, 0.2) is 0 Å². The molecule has 1 fully saturated rings. The van der Waals surface area contributed by atoms with Crippen molar-refractivity contribution in [1.82, 2.24) is 5.32 Å². The lowest BCUT2D eigenvalue weighted by atomic mass is 10.1. The molecule has 1 saturated carbocycles. The normalized spacial score (nSPS) is 19.5. The van der Waals surface area contributed by atoms with E-state index in [0.29, 0.717) is 54.5 Å². The summed E-state index contributed by atoms with van der Waals surface area (Å²) in [5.74, 6) is 0.799. The first-order valence-corrected chi connectivity index (χ1v) is 12.4. The van der Waals surface area contributed by atoms with Crippen LogP contribution in [0.15, 0.2) is 26.3 Å². The van der Waals surface area contributed by atoms with Crippen LogP contribution in [0.2, 0.25) is 0 Å². The number of nitrogens with one attached hydrogen (secondary N) is 1. The highest BCUT2D eigenvalue weighted by molar-refractivity contribution is 8.14. The lowest BCUT2D eigenvalue weighted by Crippen LogP contribution is -2.40. The summed E-state index contributed by atoms with van der Waals surface area (Å²) in [6.45, 7) is 9.19. The van der Waals surface area contributed by atoms with E-state index in [-0.39, 0.29) is 5.91 Å². The van der Waals surface area contributed by atoms with Crippen molar-refractivity contribution in [2.45, 2.75) is 71.2 Å². The van der Waals surface area contributed by atoms with Crippen LogP contribution in [0.4, 0.5) is 0 Å². The Labute approximate surface area is 193 Å². The van der Waals surface area contributed by atoms with E-state index in [1.807, 2.05) is 27.7 Å². The predicted octanol–water partition coefficient (Wildman–Crippen LogP) is 3.69. The predicted molar refractivity (Wildman–Crippen MR) is 124 cm³/mol. The maximum absolute atomic E-state index is 13.0. The third-order valence-electron chi connectivity index (χ3n) is 5.36. The molecule has 2 heterocycles. The zero-order valence-corrected chi connectivity index (χ0v) is 20.2. The van der Waals surface area contributed by atoms with Gasteiger partial charge in [0.2, 0.25) is 11.7 Å². The van der Waals surface area contributed by atoms with Crippen molar-refractivity contribution >= 4 is 22.7 Å². The molecule has 8 nitrogen and oxygen atoms in total. The molecule has 2 aliphatic rings. The van der Waals surface area contributed by atoms with Crippen LogP contribution >= 0.6 is 11.8 Å². The molecule has 9 heteroatoms. The second-order valence-electron chi connectivity index (χ2n) is 8.19. The number of thioether (sulfide) groups is 1. The van der Waals surface area contributed by atoms with E-state index in [9.17, 15) is 9.59 Å². The summed E-state index contributed by atoms with van der Waals surface area (Å²) in [4.78, 5) is 29.7. The van der Waals surface area contributed by atoms with Gasteiger partial charge in [-0.25, -0.2) is 4.79 Å². The van der Waals surface area contributed by atoms with Gasteiger partial charge < -0.3 is 23.9 Å². The Kier molecular flexibility index (Phi) is 8.79. The van der Waals surface area contributed by atoms with E-state index < -0.39 is 23.5 Å². The molecule has 1 aromatic rings. The fourth-order valence-corrected chi connectivity index (χ4v) is 4.66. The smallest absolute Gasteiger partial charge is 0.339 e. The highest BCUT2D eigenvalue weighted by Crippen LogP contribution is 2.31. The summed E-state index contributed by atoms with van der Waals surface area (Å²) in [6, 6.07) is 2.07. The third kappa shape index (κ3) is 6.59. The Bertz CT molecular complexity index is 860. The van der Waals surface area contributed by atoms with Crippen LogP contribution < -0.4 is 15.7 Å². The van der Waals surface area contributed by atoms with Crippen LogP contribution in [0.1, 0.15) is 65.2 Å². The maximum atomic E-state index is 13.0. The number of amides is 1. The maximum Gasteiger partial charge on any atom is 0.339 e. The fourth-order valence-electron chi connectivity index (χ4n) is 3.54. The molecule has 2 unspecified atom stereocenters. The van der Waals surface area contributed by atoms with Crippen LogP contribution in [-0.2, 0) is 14.3 Å². The lowest BCUT2D eigenvalue weighted by Gasteiger charge is -2.28. The molecule has 1 aromatic heterocycles. The Morgan fingerprint density at radius 3 is 2.62 bits per heavy atom. The van der Waals surface area contributed by atoms with Gasteiger partial charge in [-0.3, -0.25) is 9.79 Å². The minimum atomic E-state index is -0.952. The monoisotopic (exact) mass is 466 g/mol. The van der Waals surface area contributed by atoms with Gasteiger partial charge in [-0.05, 0) is 46.0 Å². The number of rotatable bonds is 13. The molecule has 1 aliphatic heterocycles. The molecule has 0 spiro atoms. The molecule has 0 radical (unpaired) electrons. The van der Waals surface area contributed by atoms with Crippen LogP contribution in [0.5, 0.6) is 5.75 Å². The van der Waals surface area contributed by atoms with E-state index in [0.717, 1.165) is 19.3 Å². The minimum Gasteiger partial charge on any atom is -0.493 e. The molecule has 32 heavy (non-hydrogen) atoms. The van der Waals surface area contributed by atoms with E-state index >= 15 is 0 Å². The molecular weight excluding hydrogens is 432 g/mol. The molecule has 2 atom stereocenters. The van der Waals surface area contributed by atoms with Crippen LogP contribution in [-0.4, -0.2) is 48.4 Å². The van der Waals surface area contributed by atoms with Crippen molar-refractivity contribution in [2.24, 2.45) is 10.9 Å². The topological polar surface area (TPSA) is 99.4 Å². The molecule has 1 aliphatic carbocycles. The number of hydrogen-bond acceptors (Lipinski definition) is 8. The second-order valence-corrected chi connectivity index (χ2v) is 9.20. The Hall–Kier alpha value is -1.84. The number of carbonyl (C=O) groups is 1. The highest BCUT2D eigenvalue weighted by atomic mass is 32.2. The number of carbonyl (C=O) groups excluding carboxylic acids is 1. The second kappa shape index (κ2) is 11.3. The summed E-state index contributed by atoms with van der Waals surface area (Å²) in [5, 5.41) is 3.68. The molecule has 0 saturated heterocycles. The van der Waals surface area contributed by atoms with Crippen LogP contribution in [0.3, 0.4) is 0 Å². The SMILES string of the molecule is CCCC(NC(=O)C1CSC(C(C)(OCC)OCC)=N1)c1cc(OCC2CC2)cc(=O)o1. The van der Waals surface area contributed by atoms with Crippen LogP contribution in [0, 0.1) is 5.92 Å². The number of nitrogens with zero attached hydrogens (tertiary/aromatic N) is 1. The largest absolute Gasteiger partial charge is 0.493 e. The molecule has 178 valence electrons. The van der Waals surface area contributed by atoms with Crippen LogP contribution in [0.25, 0.3) is 0 Å². The summed E-state index contributed by atoms with van der Waals surface area (Å²) in [7, 11) is 0. The van der Waals surface area contributed by atoms with Gasteiger partial charge in [0, 0.05) is 25.0 Å². The average Bonchev–Trinajstić information content (AvgIpc) is 3.44. The van der Waals surface area contributed by atoms with E-state index in [1.54, 1.807) is 6.07 Å². The molecule has 0 aromatic carbocycles. The third-order valence-corrected chi connectivity index (χ3v) is 6.60. The summed E-state index contributed by atoms with van der Waals surface area (Å²) in [6.07, 6.45) is 3.77. The van der Waals surface area contributed by atoms with Gasteiger partial charge in [-0.2, -0.15) is 0 Å². The Balaban J connectivity index is 1.71. The summed E-state index contributed by atoms with van der Waals surface area (Å²) >= 11 is 1.47. The van der Waals surface area contributed by atoms with E-state index in [1.165, 1.54) is 17.8 Å². The van der Waals surface area contributed by atoms with E-state index in [2.05, 4.69) is 10.3 Å². The lowest BCUT2D eigenvalue weighted by molar-refractivity contribution is -0.168. The van der Waals surface area contributed by atoms with Gasteiger partial charge in [0.25, 0.3) is 0 Å². The molecule has 3 rings (SSSR count). The molecule has 1 N–H and O–H groups in total. The quantitative estimate of drug-likeness (QED) is 0.443. The van der Waals surface area contributed by atoms with Crippen molar-refractivity contribution in [1.29, 1.82) is 0 Å². The highest BCUT2D eigenvalue weighted by Gasteiger charge is 2.39. The Morgan fingerprint density at radius 1 is 1.28 bits per heavy atom. The standard InChI is InChI=1S/C23H34N2O6S/c1-5-8-17(19-11-16(12-20(26)31-19)28-13-15-9-10-15)24-21(27)18-14-32-22(25-18)23(4,29-6-2)30-7-3/h11-12,15,17-18H,5-10,13-14H2,1-4H3,(H,24,27). The van der Waals surface area contributed by atoms with Gasteiger partial charge in [0.05, 0.1) is 18.7 Å². The van der Waals surface area contributed by atoms with Gasteiger partial charge in [-0.1, -0.05) is 13.3 Å². The molecule has 0 bridgehead atoms. The zero-order chi connectivity index (χ0) is 23.1. The number of aliphatic imine (C=N–C) groups is 1. The zero-order valence-electron chi connectivity index (χ0n) is 19.3. The van der Waals surface area contributed by atoms with Gasteiger partial charge in [-0.15, -0.1) is 11.8 Å². The summed E-state index contributed by atoms with van der Waals surface area (Å²) < 4.78 is 22.7. The number of hydrogen-bond donors (Lipinski definition) is 1. The van der Waals surface area contributed by atoms with Crippen molar-refractivity contribution in [3.05, 3.63) is 28.3 Å². The first-order chi connectivity index (χ1) is 15.4. The van der Waals surface area contributed by atoms with Gasteiger partial charge >= 0.3 is 5.63 Å². The number of ether oxygens (including phenoxy) is 3. The molecular formula is C23H34N2O6S. The van der Waals surface area contributed by atoms with Crippen molar-refractivity contribution in [2.75, 3.05) is 25.6 Å². The van der Waals surface area contributed by atoms with Crippen molar-refractivity contribution in [3.63, 3.8) is 0 Å². The first kappa shape index (κ1) is 24.8. The summed E-state index contributed by atoms with van der Waals surface area (Å²) in [5.41, 5.74) is -0.482. The van der Waals surface area contributed by atoms with Crippen molar-refractivity contribution in [3.8, 4) is 5.75 Å². The van der Waals surface area contributed by atoms with Crippen molar-refractivity contribution < 1.29 is 23.4 Å². The van der Waals surface area contributed by atoms with E-state index in [4.69, 9.17) is 18.6 Å². The Morgan fingerprint density at radius 2 is 2.00 bits per heavy atom. The minimum absolute atomic E-state index is 0.215. The first-order valence-electron chi connectivity index (χ1n) is 11.5. The fraction of sp³-hybridized carbons (Fsp3) is 0.696.